The fourth-order valence-electron chi connectivity index (χ4n) is 3.18. The monoisotopic (exact) mass is 440 g/mol. The van der Waals surface area contributed by atoms with E-state index in [2.05, 4.69) is 15.9 Å². The third kappa shape index (κ3) is 3.23. The van der Waals surface area contributed by atoms with Crippen LogP contribution in [0.3, 0.4) is 0 Å². The zero-order chi connectivity index (χ0) is 19.9. The van der Waals surface area contributed by atoms with Gasteiger partial charge in [-0.1, -0.05) is 12.1 Å². The number of phenols is 1. The van der Waals surface area contributed by atoms with E-state index in [1.165, 1.54) is 26.4 Å². The molecule has 0 aliphatic carbocycles. The quantitative estimate of drug-likeness (QED) is 0.431. The summed E-state index contributed by atoms with van der Waals surface area (Å²) in [6.45, 7) is 0. The molecule has 0 bridgehead atoms. The van der Waals surface area contributed by atoms with Crippen molar-refractivity contribution in [2.24, 2.45) is 0 Å². The summed E-state index contributed by atoms with van der Waals surface area (Å²) in [7, 11) is 0.771. The van der Waals surface area contributed by atoms with E-state index in [0.717, 1.165) is 0 Å². The van der Waals surface area contributed by atoms with E-state index >= 15 is 0 Å². The van der Waals surface area contributed by atoms with Crippen molar-refractivity contribution >= 4 is 28.5 Å². The highest BCUT2D eigenvalue weighted by Crippen LogP contribution is 2.51. The van der Waals surface area contributed by atoms with Crippen molar-refractivity contribution < 1.29 is 39.6 Å². The number of rotatable bonds is 4. The van der Waals surface area contributed by atoms with Crippen LogP contribution in [0, 0.1) is 0 Å². The first-order chi connectivity index (χ1) is 12.8. The van der Waals surface area contributed by atoms with Gasteiger partial charge in [-0.2, -0.15) is 0 Å². The van der Waals surface area contributed by atoms with Gasteiger partial charge in [0.25, 0.3) is 0 Å². The lowest BCUT2D eigenvalue weighted by Crippen LogP contribution is -2.43. The van der Waals surface area contributed by atoms with Crippen molar-refractivity contribution in [3.63, 3.8) is 0 Å². The van der Waals surface area contributed by atoms with Crippen molar-refractivity contribution in [1.29, 1.82) is 0 Å². The van der Waals surface area contributed by atoms with E-state index in [9.17, 15) is 25.4 Å². The van der Waals surface area contributed by atoms with Crippen molar-refractivity contribution in [2.75, 3.05) is 14.2 Å². The smallest absolute Gasteiger partial charge is 0.490 e. The Kier molecular flexibility index (Phi) is 5.54. The molecule has 2 aromatic rings. The molecule has 0 radical (unpaired) electrons. The average molecular weight is 441 g/mol. The number of fused-ring (bicyclic) bond motifs is 1. The molecule has 1 aliphatic heterocycles. The maximum Gasteiger partial charge on any atom is 0.490 e. The lowest BCUT2D eigenvalue weighted by atomic mass is 9.73. The number of aliphatic hydroxyl groups excluding tert-OH is 2. The number of ether oxygens (including phenoxy) is 3. The molecule has 0 spiro atoms. The van der Waals surface area contributed by atoms with Crippen molar-refractivity contribution in [3.8, 4) is 23.0 Å². The largest absolute Gasteiger partial charge is 0.508 e. The number of aliphatic hydroxyl groups is 2. The van der Waals surface area contributed by atoms with Crippen LogP contribution in [0.5, 0.6) is 23.0 Å². The van der Waals surface area contributed by atoms with Gasteiger partial charge in [-0.05, 0) is 33.6 Å². The molecule has 0 aromatic heterocycles. The summed E-state index contributed by atoms with van der Waals surface area (Å²) in [5.74, 6) is 0.335. The van der Waals surface area contributed by atoms with Crippen molar-refractivity contribution in [3.05, 3.63) is 39.9 Å². The van der Waals surface area contributed by atoms with Gasteiger partial charge in [-0.15, -0.1) is 0 Å². The Hall–Kier alpha value is -1.98. The Bertz CT molecular complexity index is 842. The number of benzene rings is 2. The molecule has 1 aliphatic rings. The summed E-state index contributed by atoms with van der Waals surface area (Å²) in [4.78, 5) is 0. The van der Waals surface area contributed by atoms with E-state index in [-0.39, 0.29) is 38.5 Å². The summed E-state index contributed by atoms with van der Waals surface area (Å²) in [5, 5.41) is 50.4. The molecule has 5 N–H and O–H groups in total. The van der Waals surface area contributed by atoms with E-state index in [1.54, 1.807) is 12.1 Å². The van der Waals surface area contributed by atoms with Crippen LogP contribution >= 0.6 is 15.9 Å². The summed E-state index contributed by atoms with van der Waals surface area (Å²) in [6.07, 6.45) is -3.90. The molecule has 0 saturated carbocycles. The predicted octanol–water partition coefficient (Wildman–Crippen LogP) is 0.380. The topological polar surface area (TPSA) is 129 Å². The normalized spacial score (nSPS) is 21.2. The van der Waals surface area contributed by atoms with Gasteiger partial charge < -0.3 is 39.6 Å². The Balaban J connectivity index is 2.24. The zero-order valence-electron chi connectivity index (χ0n) is 14.5. The molecule has 0 fully saturated rings. The summed E-state index contributed by atoms with van der Waals surface area (Å²) < 4.78 is 16.7. The summed E-state index contributed by atoms with van der Waals surface area (Å²) >= 11 is 3.23. The maximum absolute atomic E-state index is 10.7. The summed E-state index contributed by atoms with van der Waals surface area (Å²) in [6, 6.07) is 5.95. The molecule has 144 valence electrons. The van der Waals surface area contributed by atoms with E-state index in [0.29, 0.717) is 5.56 Å². The minimum absolute atomic E-state index is 0.0166. The van der Waals surface area contributed by atoms with Gasteiger partial charge in [-0.3, -0.25) is 0 Å². The van der Waals surface area contributed by atoms with Gasteiger partial charge in [0.15, 0.2) is 17.6 Å². The Labute approximate surface area is 163 Å². The minimum atomic E-state index is -1.97. The lowest BCUT2D eigenvalue weighted by Gasteiger charge is -2.37. The van der Waals surface area contributed by atoms with Crippen LogP contribution in [0.1, 0.15) is 23.3 Å². The fourth-order valence-corrected chi connectivity index (χ4v) is 3.94. The Morgan fingerprint density at radius 3 is 2.15 bits per heavy atom. The number of hydrogen-bond acceptors (Lipinski definition) is 8. The first-order valence-electron chi connectivity index (χ1n) is 7.96. The molecular formula is C17H18BBrO8. The molecule has 1 heterocycles. The fraction of sp³-hybridized carbons (Fsp3) is 0.294. The zero-order valence-corrected chi connectivity index (χ0v) is 16.0. The number of methoxy groups -OCH3 is 2. The molecule has 0 unspecified atom stereocenters. The van der Waals surface area contributed by atoms with Crippen LogP contribution in [0.15, 0.2) is 28.7 Å². The van der Waals surface area contributed by atoms with Gasteiger partial charge >= 0.3 is 7.12 Å². The minimum Gasteiger partial charge on any atom is -0.508 e. The predicted molar refractivity (Wildman–Crippen MR) is 99.5 cm³/mol. The number of halogens is 1. The third-order valence-electron chi connectivity index (χ3n) is 4.45. The van der Waals surface area contributed by atoms with Crippen LogP contribution in [0.25, 0.3) is 0 Å². The molecule has 27 heavy (non-hydrogen) atoms. The van der Waals surface area contributed by atoms with Gasteiger partial charge in [0.1, 0.15) is 18.0 Å². The maximum atomic E-state index is 10.7. The second-order valence-corrected chi connectivity index (χ2v) is 6.77. The van der Waals surface area contributed by atoms with Gasteiger partial charge in [0.2, 0.25) is 5.75 Å². The molecule has 8 nitrogen and oxygen atoms in total. The van der Waals surface area contributed by atoms with Crippen LogP contribution in [-0.4, -0.2) is 52.8 Å². The van der Waals surface area contributed by atoms with Gasteiger partial charge in [-0.25, -0.2) is 0 Å². The molecule has 2 aromatic carbocycles. The van der Waals surface area contributed by atoms with Crippen LogP contribution in [0.4, 0.5) is 0 Å². The molecular weight excluding hydrogens is 423 g/mol. The van der Waals surface area contributed by atoms with Gasteiger partial charge in [0.05, 0.1) is 18.7 Å². The van der Waals surface area contributed by atoms with E-state index in [4.69, 9.17) is 14.2 Å². The van der Waals surface area contributed by atoms with Crippen LogP contribution < -0.4 is 19.7 Å². The highest BCUT2D eigenvalue weighted by atomic mass is 79.9. The Morgan fingerprint density at radius 1 is 1.04 bits per heavy atom. The SMILES string of the molecule is COc1c(Br)c(B(O)O)c2c(c1OC)O[C@H](c1ccc(O)cc1)[C@H](O)[C@@H]2O. The van der Waals surface area contributed by atoms with E-state index in [1.807, 2.05) is 0 Å². The first kappa shape index (κ1) is 19.8. The molecule has 0 saturated heterocycles. The highest BCUT2D eigenvalue weighted by molar-refractivity contribution is 9.10. The van der Waals surface area contributed by atoms with E-state index < -0.39 is 25.4 Å². The van der Waals surface area contributed by atoms with Crippen LogP contribution in [0.2, 0.25) is 0 Å². The molecule has 3 atom stereocenters. The standard InChI is InChI=1S/C17H18BBrO8/c1-25-16-11(19)10(18(23)24)9-12(21)13(22)14(27-15(9)17(16)26-2)7-3-5-8(20)6-4-7/h3-6,12-14,20-24H,1-2H3/t12-,13-,14-/m1/s1. The third-order valence-corrected chi connectivity index (χ3v) is 5.23. The molecule has 10 heteroatoms. The lowest BCUT2D eigenvalue weighted by molar-refractivity contribution is -0.0705. The Morgan fingerprint density at radius 2 is 1.63 bits per heavy atom. The highest BCUT2D eigenvalue weighted by Gasteiger charge is 2.44. The average Bonchev–Trinajstić information content (AvgIpc) is 2.64. The second kappa shape index (κ2) is 7.57. The molecule has 3 rings (SSSR count). The number of phenolic OH excluding ortho intramolecular Hbond substituents is 1. The number of hydrogen-bond donors (Lipinski definition) is 5. The second-order valence-electron chi connectivity index (χ2n) is 5.98. The molecule has 0 amide bonds. The van der Waals surface area contributed by atoms with Gasteiger partial charge in [0, 0.05) is 11.0 Å². The van der Waals surface area contributed by atoms with Crippen LogP contribution in [-0.2, 0) is 0 Å². The van der Waals surface area contributed by atoms with Crippen molar-refractivity contribution in [1.82, 2.24) is 0 Å². The summed E-state index contributed by atoms with van der Waals surface area (Å²) in [5.41, 5.74) is 0.385. The first-order valence-corrected chi connectivity index (χ1v) is 8.76. The number of aromatic hydroxyl groups is 1. The van der Waals surface area contributed by atoms with Crippen molar-refractivity contribution in [2.45, 2.75) is 18.3 Å².